The first-order valence-electron chi connectivity index (χ1n) is 6.98. The van der Waals surface area contributed by atoms with Gasteiger partial charge in [0, 0.05) is 19.6 Å². The molecule has 0 radical (unpaired) electrons. The normalized spacial score (nSPS) is 17.2. The predicted octanol–water partition coefficient (Wildman–Crippen LogP) is 0.542. The summed E-state index contributed by atoms with van der Waals surface area (Å²) in [5.74, 6) is -0.440. The van der Waals surface area contributed by atoms with Crippen LogP contribution < -0.4 is 10.6 Å². The molecule has 1 fully saturated rings. The summed E-state index contributed by atoms with van der Waals surface area (Å²) >= 11 is 0. The maximum Gasteiger partial charge on any atom is 0.337 e. The molecular weight excluding hydrogens is 308 g/mol. The standard InChI is InChI=1S/C15H20N2O4.ClH/c1-20-15(19)12-4-2-11(3-5-12)6-7-17-14(18)13-10-16-8-9-21-13;/h2-5,13,16H,6-10H2,1H3,(H,17,18);1H. The van der Waals surface area contributed by atoms with Gasteiger partial charge in [-0.15, -0.1) is 12.4 Å². The van der Waals surface area contributed by atoms with Crippen LogP contribution in [0.25, 0.3) is 0 Å². The number of halogens is 1. The fourth-order valence-corrected chi connectivity index (χ4v) is 2.10. The van der Waals surface area contributed by atoms with E-state index in [0.717, 1.165) is 12.1 Å². The van der Waals surface area contributed by atoms with Crippen LogP contribution in [0.4, 0.5) is 0 Å². The van der Waals surface area contributed by atoms with Crippen LogP contribution in [0, 0.1) is 0 Å². The number of carbonyl (C=O) groups is 2. The molecule has 1 aromatic carbocycles. The van der Waals surface area contributed by atoms with Crippen LogP contribution >= 0.6 is 12.4 Å². The first kappa shape index (κ1) is 18.4. The fourth-order valence-electron chi connectivity index (χ4n) is 2.10. The summed E-state index contributed by atoms with van der Waals surface area (Å²) < 4.78 is 10.0. The maximum absolute atomic E-state index is 11.8. The van der Waals surface area contributed by atoms with E-state index in [1.54, 1.807) is 12.1 Å². The number of hydrogen-bond donors (Lipinski definition) is 2. The number of carbonyl (C=O) groups excluding carboxylic acids is 2. The van der Waals surface area contributed by atoms with Crippen LogP contribution in [0.2, 0.25) is 0 Å². The Balaban J connectivity index is 0.00000242. The van der Waals surface area contributed by atoms with E-state index in [4.69, 9.17) is 4.74 Å². The molecule has 1 atom stereocenters. The molecule has 22 heavy (non-hydrogen) atoms. The molecule has 2 rings (SSSR count). The monoisotopic (exact) mass is 328 g/mol. The smallest absolute Gasteiger partial charge is 0.337 e. The lowest BCUT2D eigenvalue weighted by Gasteiger charge is -2.22. The number of amides is 1. The second-order valence-electron chi connectivity index (χ2n) is 4.79. The topological polar surface area (TPSA) is 76.7 Å². The highest BCUT2D eigenvalue weighted by Gasteiger charge is 2.20. The molecule has 1 unspecified atom stereocenters. The molecular formula is C15H21ClN2O4. The van der Waals surface area contributed by atoms with Gasteiger partial charge in [-0.2, -0.15) is 0 Å². The van der Waals surface area contributed by atoms with E-state index in [2.05, 4.69) is 15.4 Å². The van der Waals surface area contributed by atoms with Gasteiger partial charge in [-0.05, 0) is 24.1 Å². The minimum absolute atomic E-state index is 0. The summed E-state index contributed by atoms with van der Waals surface area (Å²) in [6.45, 7) is 2.44. The van der Waals surface area contributed by atoms with Gasteiger partial charge in [0.2, 0.25) is 5.91 Å². The van der Waals surface area contributed by atoms with Crippen molar-refractivity contribution in [2.45, 2.75) is 12.5 Å². The van der Waals surface area contributed by atoms with Crippen LogP contribution in [-0.2, 0) is 20.7 Å². The number of morpholine rings is 1. The zero-order chi connectivity index (χ0) is 15.1. The van der Waals surface area contributed by atoms with E-state index >= 15 is 0 Å². The van der Waals surface area contributed by atoms with Gasteiger partial charge in [0.1, 0.15) is 6.10 Å². The van der Waals surface area contributed by atoms with Crippen molar-refractivity contribution in [1.29, 1.82) is 0 Å². The Kier molecular flexibility index (Phi) is 7.87. The van der Waals surface area contributed by atoms with E-state index in [1.807, 2.05) is 12.1 Å². The Morgan fingerprint density at radius 1 is 1.36 bits per heavy atom. The molecule has 1 aromatic rings. The molecule has 0 bridgehead atoms. The third-order valence-electron chi connectivity index (χ3n) is 3.31. The van der Waals surface area contributed by atoms with Gasteiger partial charge in [-0.1, -0.05) is 12.1 Å². The summed E-state index contributed by atoms with van der Waals surface area (Å²) in [6.07, 6.45) is 0.299. The molecule has 0 saturated carbocycles. The number of ether oxygens (including phenoxy) is 2. The van der Waals surface area contributed by atoms with E-state index in [9.17, 15) is 9.59 Å². The molecule has 122 valence electrons. The van der Waals surface area contributed by atoms with Gasteiger partial charge in [-0.3, -0.25) is 4.79 Å². The summed E-state index contributed by atoms with van der Waals surface area (Å²) in [4.78, 5) is 23.1. The highest BCUT2D eigenvalue weighted by Crippen LogP contribution is 2.06. The van der Waals surface area contributed by atoms with E-state index in [-0.39, 0.29) is 24.3 Å². The van der Waals surface area contributed by atoms with Crippen LogP contribution in [0.3, 0.4) is 0 Å². The molecule has 1 heterocycles. The van der Waals surface area contributed by atoms with E-state index < -0.39 is 6.10 Å². The third-order valence-corrected chi connectivity index (χ3v) is 3.31. The second-order valence-corrected chi connectivity index (χ2v) is 4.79. The number of methoxy groups -OCH3 is 1. The maximum atomic E-state index is 11.8. The largest absolute Gasteiger partial charge is 0.465 e. The lowest BCUT2D eigenvalue weighted by atomic mass is 10.1. The van der Waals surface area contributed by atoms with Gasteiger partial charge >= 0.3 is 5.97 Å². The summed E-state index contributed by atoms with van der Waals surface area (Å²) in [5.41, 5.74) is 1.57. The van der Waals surface area contributed by atoms with Crippen LogP contribution in [-0.4, -0.2) is 51.3 Å². The lowest BCUT2D eigenvalue weighted by molar-refractivity contribution is -0.134. The number of rotatable bonds is 5. The Morgan fingerprint density at radius 2 is 2.09 bits per heavy atom. The van der Waals surface area contributed by atoms with E-state index in [1.165, 1.54) is 7.11 Å². The van der Waals surface area contributed by atoms with Gasteiger partial charge in [0.15, 0.2) is 0 Å². The van der Waals surface area contributed by atoms with Crippen molar-refractivity contribution in [3.63, 3.8) is 0 Å². The molecule has 7 heteroatoms. The van der Waals surface area contributed by atoms with Crippen molar-refractivity contribution in [1.82, 2.24) is 10.6 Å². The SMILES string of the molecule is COC(=O)c1ccc(CCNC(=O)C2CNCCO2)cc1.Cl. The molecule has 1 aliphatic rings. The van der Waals surface area contributed by atoms with Gasteiger partial charge in [0.25, 0.3) is 0 Å². The third kappa shape index (κ3) is 5.29. The second kappa shape index (κ2) is 9.40. The molecule has 2 N–H and O–H groups in total. The number of hydrogen-bond acceptors (Lipinski definition) is 5. The van der Waals surface area contributed by atoms with Crippen molar-refractivity contribution in [2.24, 2.45) is 0 Å². The van der Waals surface area contributed by atoms with Crippen molar-refractivity contribution in [2.75, 3.05) is 33.4 Å². The van der Waals surface area contributed by atoms with E-state index in [0.29, 0.717) is 31.7 Å². The molecule has 1 saturated heterocycles. The first-order chi connectivity index (χ1) is 10.2. The van der Waals surface area contributed by atoms with Gasteiger partial charge < -0.3 is 20.1 Å². The minimum Gasteiger partial charge on any atom is -0.465 e. The van der Waals surface area contributed by atoms with Crippen molar-refractivity contribution < 1.29 is 19.1 Å². The lowest BCUT2D eigenvalue weighted by Crippen LogP contribution is -2.48. The predicted molar refractivity (Wildman–Crippen MR) is 84.4 cm³/mol. The average Bonchev–Trinajstić information content (AvgIpc) is 2.55. The minimum atomic E-state index is -0.402. The zero-order valence-electron chi connectivity index (χ0n) is 12.5. The molecule has 0 aliphatic carbocycles. The summed E-state index contributed by atoms with van der Waals surface area (Å²) in [7, 11) is 1.36. The summed E-state index contributed by atoms with van der Waals surface area (Å²) in [5, 5.41) is 5.97. The van der Waals surface area contributed by atoms with Crippen LogP contribution in [0.5, 0.6) is 0 Å². The van der Waals surface area contributed by atoms with Crippen LogP contribution in [0.15, 0.2) is 24.3 Å². The fraction of sp³-hybridized carbons (Fsp3) is 0.467. The Morgan fingerprint density at radius 3 is 2.68 bits per heavy atom. The number of benzene rings is 1. The Labute approximate surface area is 136 Å². The molecule has 1 aliphatic heterocycles. The van der Waals surface area contributed by atoms with Gasteiger partial charge in [0.05, 0.1) is 19.3 Å². The van der Waals surface area contributed by atoms with Crippen molar-refractivity contribution in [3.05, 3.63) is 35.4 Å². The highest BCUT2D eigenvalue weighted by atomic mass is 35.5. The van der Waals surface area contributed by atoms with Crippen molar-refractivity contribution in [3.8, 4) is 0 Å². The first-order valence-corrected chi connectivity index (χ1v) is 6.98. The summed E-state index contributed by atoms with van der Waals surface area (Å²) in [6, 6.07) is 7.16. The van der Waals surface area contributed by atoms with Crippen molar-refractivity contribution >= 4 is 24.3 Å². The molecule has 0 spiro atoms. The number of nitrogens with one attached hydrogen (secondary N) is 2. The highest BCUT2D eigenvalue weighted by molar-refractivity contribution is 5.89. The van der Waals surface area contributed by atoms with Gasteiger partial charge in [-0.25, -0.2) is 4.79 Å². The Hall–Kier alpha value is -1.63. The number of esters is 1. The average molecular weight is 329 g/mol. The Bertz CT molecular complexity index is 487. The van der Waals surface area contributed by atoms with Crippen LogP contribution in [0.1, 0.15) is 15.9 Å². The molecule has 0 aromatic heterocycles. The quantitative estimate of drug-likeness (QED) is 0.772. The molecule has 1 amide bonds. The zero-order valence-corrected chi connectivity index (χ0v) is 13.3. The molecule has 6 nitrogen and oxygen atoms in total.